The van der Waals surface area contributed by atoms with Crippen LogP contribution in [0.3, 0.4) is 0 Å². The molecule has 2 aromatic carbocycles. The maximum atomic E-state index is 14.9. The number of pyridine rings is 1. The number of anilines is 1. The summed E-state index contributed by atoms with van der Waals surface area (Å²) in [7, 11) is 0. The van der Waals surface area contributed by atoms with E-state index >= 15 is 0 Å². The predicted molar refractivity (Wildman–Crippen MR) is 122 cm³/mol. The highest BCUT2D eigenvalue weighted by Crippen LogP contribution is 2.39. The van der Waals surface area contributed by atoms with Crippen LogP contribution < -0.4 is 5.32 Å². The van der Waals surface area contributed by atoms with Crippen molar-refractivity contribution in [3.05, 3.63) is 102 Å². The number of benzene rings is 2. The van der Waals surface area contributed by atoms with E-state index < -0.39 is 34.9 Å². The Bertz CT molecular complexity index is 1490. The second-order valence-corrected chi connectivity index (χ2v) is 7.66. The van der Waals surface area contributed by atoms with Gasteiger partial charge in [-0.2, -0.15) is 18.3 Å². The molecule has 3 heterocycles. The molecular weight excluding hydrogens is 462 g/mol. The molecule has 0 aliphatic carbocycles. The van der Waals surface area contributed by atoms with Gasteiger partial charge in [-0.05, 0) is 30.3 Å². The highest BCUT2D eigenvalue weighted by atomic mass is 19.4. The number of nitrogens with one attached hydrogen (secondary N) is 1. The molecule has 0 aliphatic rings. The van der Waals surface area contributed by atoms with E-state index in [0.29, 0.717) is 23.0 Å². The van der Waals surface area contributed by atoms with Crippen LogP contribution in [0.15, 0.2) is 85.3 Å². The number of nitrogens with zero attached hydrogens (tertiary/aromatic N) is 4. The third kappa shape index (κ3) is 4.31. The molecule has 5 aromatic rings. The molecule has 1 atom stereocenters. The van der Waals surface area contributed by atoms with E-state index in [2.05, 4.69) is 20.4 Å². The Morgan fingerprint density at radius 3 is 2.34 bits per heavy atom. The van der Waals surface area contributed by atoms with Crippen molar-refractivity contribution < 1.29 is 22.7 Å². The number of alkyl halides is 3. The van der Waals surface area contributed by atoms with Crippen LogP contribution >= 0.6 is 0 Å². The largest absolute Gasteiger partial charge is 0.417 e. The van der Waals surface area contributed by atoms with Crippen molar-refractivity contribution >= 4 is 11.2 Å². The molecule has 0 amide bonds. The summed E-state index contributed by atoms with van der Waals surface area (Å²) in [6, 6.07) is 17.1. The fraction of sp³-hybridized carbons (Fsp3) is 0.0800. The van der Waals surface area contributed by atoms with Gasteiger partial charge in [-0.25, -0.2) is 18.9 Å². The van der Waals surface area contributed by atoms with Crippen LogP contribution in [0.4, 0.5) is 23.2 Å². The first kappa shape index (κ1) is 22.5. The Balaban J connectivity index is 1.62. The predicted octanol–water partition coefficient (Wildman–Crippen LogP) is 5.72. The molecule has 6 nitrogen and oxygen atoms in total. The third-order valence-corrected chi connectivity index (χ3v) is 5.41. The van der Waals surface area contributed by atoms with Crippen LogP contribution in [-0.4, -0.2) is 24.7 Å². The van der Waals surface area contributed by atoms with Gasteiger partial charge in [-0.15, -0.1) is 0 Å². The fourth-order valence-corrected chi connectivity index (χ4v) is 3.81. The Kier molecular flexibility index (Phi) is 5.65. The van der Waals surface area contributed by atoms with Gasteiger partial charge in [0.1, 0.15) is 11.5 Å². The van der Waals surface area contributed by atoms with Gasteiger partial charge >= 0.3 is 6.18 Å². The molecule has 3 aromatic heterocycles. The monoisotopic (exact) mass is 479 g/mol. The minimum Gasteiger partial charge on any atom is -0.369 e. The zero-order chi connectivity index (χ0) is 24.6. The van der Waals surface area contributed by atoms with Crippen LogP contribution in [-0.2, 0) is 6.18 Å². The summed E-state index contributed by atoms with van der Waals surface area (Å²) in [5, 5.41) is 18.3. The summed E-state index contributed by atoms with van der Waals surface area (Å²) in [6.07, 6.45) is -2.27. The second-order valence-electron chi connectivity index (χ2n) is 7.66. The zero-order valence-electron chi connectivity index (χ0n) is 17.9. The first-order valence-electron chi connectivity index (χ1n) is 10.5. The van der Waals surface area contributed by atoms with Crippen molar-refractivity contribution in [3.8, 4) is 22.6 Å². The summed E-state index contributed by atoms with van der Waals surface area (Å²) < 4.78 is 57.5. The van der Waals surface area contributed by atoms with Gasteiger partial charge in [0.15, 0.2) is 12.1 Å². The highest BCUT2D eigenvalue weighted by Gasteiger charge is 2.36. The molecule has 0 fully saturated rings. The Morgan fingerprint density at radius 2 is 1.63 bits per heavy atom. The summed E-state index contributed by atoms with van der Waals surface area (Å²) >= 11 is 0. The maximum Gasteiger partial charge on any atom is 0.417 e. The smallest absolute Gasteiger partial charge is 0.369 e. The minimum atomic E-state index is -4.85. The van der Waals surface area contributed by atoms with Crippen molar-refractivity contribution in [2.24, 2.45) is 0 Å². The molecular formula is C25H17F4N5O. The molecule has 2 N–H and O–H groups in total. The summed E-state index contributed by atoms with van der Waals surface area (Å²) in [4.78, 5) is 7.75. The number of hydrogen-bond donors (Lipinski definition) is 2. The van der Waals surface area contributed by atoms with Crippen molar-refractivity contribution in [2.75, 3.05) is 5.32 Å². The molecule has 0 aliphatic heterocycles. The van der Waals surface area contributed by atoms with Crippen molar-refractivity contribution in [2.45, 2.75) is 12.4 Å². The average Bonchev–Trinajstić information content (AvgIpc) is 3.22. The van der Waals surface area contributed by atoms with Crippen LogP contribution in [0.25, 0.3) is 28.2 Å². The first-order chi connectivity index (χ1) is 16.8. The lowest BCUT2D eigenvalue weighted by Gasteiger charge is -2.19. The quantitative estimate of drug-likeness (QED) is 0.249. The number of aromatic nitrogens is 4. The van der Waals surface area contributed by atoms with Crippen molar-refractivity contribution in [3.63, 3.8) is 0 Å². The lowest BCUT2D eigenvalue weighted by Crippen LogP contribution is -2.15. The molecule has 10 heteroatoms. The van der Waals surface area contributed by atoms with E-state index in [9.17, 15) is 22.7 Å². The molecule has 1 unspecified atom stereocenters. The summed E-state index contributed by atoms with van der Waals surface area (Å²) in [5.74, 6) is -1.47. The molecule has 176 valence electrons. The topological polar surface area (TPSA) is 75.3 Å². The normalized spacial score (nSPS) is 12.6. The van der Waals surface area contributed by atoms with Crippen LogP contribution in [0.2, 0.25) is 0 Å². The number of hydrogen-bond acceptors (Lipinski definition) is 5. The van der Waals surface area contributed by atoms with Gasteiger partial charge in [0, 0.05) is 35.3 Å². The van der Waals surface area contributed by atoms with Crippen molar-refractivity contribution in [1.82, 2.24) is 19.6 Å². The van der Waals surface area contributed by atoms with Gasteiger partial charge in [0.25, 0.3) is 0 Å². The molecule has 0 saturated heterocycles. The van der Waals surface area contributed by atoms with E-state index in [0.717, 1.165) is 11.6 Å². The Labute approximate surface area is 196 Å². The van der Waals surface area contributed by atoms with Crippen LogP contribution in [0.5, 0.6) is 0 Å². The Hall–Kier alpha value is -4.31. The summed E-state index contributed by atoms with van der Waals surface area (Å²) in [6.45, 7) is 0. The van der Waals surface area contributed by atoms with E-state index in [1.807, 2.05) is 30.3 Å². The Morgan fingerprint density at radius 1 is 0.914 bits per heavy atom. The SMILES string of the molecule is OC(Nc1c(-c2ccccc2)nn2ccccc12)c1cc(-c2ncccn2)c(C(F)(F)F)cc1F. The standard InChI is InChI=1S/C25H17F4N5O/c26-19-14-18(25(27,28)29)16(23-30-10-6-11-31-23)13-17(19)24(35)32-22-20-9-4-5-12-34(20)33-21(22)15-7-2-1-3-8-15/h1-14,24,32,35H. The first-order valence-corrected chi connectivity index (χ1v) is 10.5. The van der Waals surface area contributed by atoms with Crippen LogP contribution in [0, 0.1) is 5.82 Å². The number of fused-ring (bicyclic) bond motifs is 1. The fourth-order valence-electron chi connectivity index (χ4n) is 3.81. The van der Waals surface area contributed by atoms with Gasteiger partial charge in [0.05, 0.1) is 16.8 Å². The van der Waals surface area contributed by atoms with Gasteiger partial charge in [-0.3, -0.25) is 0 Å². The number of aliphatic hydroxyl groups excluding tert-OH is 1. The molecule has 0 bridgehead atoms. The summed E-state index contributed by atoms with van der Waals surface area (Å²) in [5.41, 5.74) is 0.115. The number of aliphatic hydroxyl groups is 1. The maximum absolute atomic E-state index is 14.9. The molecule has 0 radical (unpaired) electrons. The second kappa shape index (κ2) is 8.80. The van der Waals surface area contributed by atoms with E-state index in [4.69, 9.17) is 0 Å². The average molecular weight is 479 g/mol. The molecule has 5 rings (SSSR count). The third-order valence-electron chi connectivity index (χ3n) is 5.41. The lowest BCUT2D eigenvalue weighted by molar-refractivity contribution is -0.137. The van der Waals surface area contributed by atoms with Gasteiger partial charge < -0.3 is 10.4 Å². The molecule has 0 saturated carbocycles. The minimum absolute atomic E-state index is 0.241. The number of halogens is 4. The van der Waals surface area contributed by atoms with Crippen LogP contribution in [0.1, 0.15) is 17.4 Å². The zero-order valence-corrected chi connectivity index (χ0v) is 17.9. The number of rotatable bonds is 5. The van der Waals surface area contributed by atoms with E-state index in [1.54, 1.807) is 28.9 Å². The van der Waals surface area contributed by atoms with Gasteiger partial charge in [0.2, 0.25) is 0 Å². The molecule has 35 heavy (non-hydrogen) atoms. The lowest BCUT2D eigenvalue weighted by atomic mass is 10.0. The van der Waals surface area contributed by atoms with E-state index in [-0.39, 0.29) is 5.82 Å². The van der Waals surface area contributed by atoms with E-state index in [1.165, 1.54) is 18.5 Å². The van der Waals surface area contributed by atoms with Crippen molar-refractivity contribution in [1.29, 1.82) is 0 Å². The highest BCUT2D eigenvalue weighted by molar-refractivity contribution is 5.87. The van der Waals surface area contributed by atoms with Gasteiger partial charge in [-0.1, -0.05) is 36.4 Å². The molecule has 0 spiro atoms.